The Morgan fingerprint density at radius 2 is 2.22 bits per heavy atom. The lowest BCUT2D eigenvalue weighted by Gasteiger charge is -2.31. The molecule has 1 aromatic rings. The molecule has 0 saturated carbocycles. The van der Waals surface area contributed by atoms with E-state index in [4.69, 9.17) is 17.3 Å². The van der Waals surface area contributed by atoms with Crippen molar-refractivity contribution in [2.24, 2.45) is 5.73 Å². The first-order valence-corrected chi connectivity index (χ1v) is 6.26. The van der Waals surface area contributed by atoms with Gasteiger partial charge in [0.15, 0.2) is 0 Å². The van der Waals surface area contributed by atoms with Crippen LogP contribution in [0.3, 0.4) is 0 Å². The number of piperidine rings is 1. The van der Waals surface area contributed by atoms with Gasteiger partial charge in [-0.15, -0.1) is 12.4 Å². The van der Waals surface area contributed by atoms with Gasteiger partial charge in [0.25, 0.3) is 5.91 Å². The Labute approximate surface area is 119 Å². The highest BCUT2D eigenvalue weighted by Crippen LogP contribution is 2.21. The molecule has 0 radical (unpaired) electrons. The number of hydrogen-bond donors (Lipinski definition) is 1. The molecule has 18 heavy (non-hydrogen) atoms. The minimum absolute atomic E-state index is 0. The second-order valence-electron chi connectivity index (χ2n) is 4.64. The summed E-state index contributed by atoms with van der Waals surface area (Å²) in [5.74, 6) is -0.00912. The topological polar surface area (TPSA) is 46.3 Å². The Kier molecular flexibility index (Phi) is 5.45. The average Bonchev–Trinajstić information content (AvgIpc) is 2.28. The number of halogens is 2. The van der Waals surface area contributed by atoms with Crippen molar-refractivity contribution in [3.05, 3.63) is 34.3 Å². The largest absolute Gasteiger partial charge is 0.337 e. The third kappa shape index (κ3) is 3.37. The first kappa shape index (κ1) is 15.3. The molecule has 2 rings (SSSR count). The highest BCUT2D eigenvalue weighted by atomic mass is 35.5. The van der Waals surface area contributed by atoms with Crippen molar-refractivity contribution in [1.29, 1.82) is 0 Å². The number of benzene rings is 1. The van der Waals surface area contributed by atoms with Crippen LogP contribution in [0.5, 0.6) is 0 Å². The Bertz CT molecular complexity index is 437. The molecular formula is C13H18Cl2N2O. The zero-order valence-electron chi connectivity index (χ0n) is 10.4. The van der Waals surface area contributed by atoms with Crippen molar-refractivity contribution < 1.29 is 4.79 Å². The molecule has 0 aromatic heterocycles. The first-order valence-electron chi connectivity index (χ1n) is 5.89. The standard InChI is InChI=1S/C13H17ClN2O.ClH/c1-9-4-5-11(12(14)7-9)13(17)16-6-2-3-10(15)8-16;/h4-5,7,10H,2-3,6,8,15H2,1H3;1H. The summed E-state index contributed by atoms with van der Waals surface area (Å²) < 4.78 is 0. The van der Waals surface area contributed by atoms with Crippen LogP contribution >= 0.6 is 24.0 Å². The molecular weight excluding hydrogens is 271 g/mol. The van der Waals surface area contributed by atoms with Crippen molar-refractivity contribution >= 4 is 29.9 Å². The number of carbonyl (C=O) groups is 1. The molecule has 0 bridgehead atoms. The third-order valence-corrected chi connectivity index (χ3v) is 3.41. The number of likely N-dealkylation sites (tertiary alicyclic amines) is 1. The minimum atomic E-state index is -0.00912. The maximum atomic E-state index is 12.3. The zero-order valence-corrected chi connectivity index (χ0v) is 11.9. The van der Waals surface area contributed by atoms with Crippen molar-refractivity contribution in [2.45, 2.75) is 25.8 Å². The molecule has 3 nitrogen and oxygen atoms in total. The van der Waals surface area contributed by atoms with E-state index in [-0.39, 0.29) is 24.4 Å². The van der Waals surface area contributed by atoms with Gasteiger partial charge in [0, 0.05) is 19.1 Å². The second kappa shape index (κ2) is 6.41. The average molecular weight is 289 g/mol. The van der Waals surface area contributed by atoms with Crippen molar-refractivity contribution in [1.82, 2.24) is 4.90 Å². The highest BCUT2D eigenvalue weighted by Gasteiger charge is 2.23. The number of nitrogens with zero attached hydrogens (tertiary/aromatic N) is 1. The predicted molar refractivity (Wildman–Crippen MR) is 76.5 cm³/mol. The lowest BCUT2D eigenvalue weighted by Crippen LogP contribution is -2.45. The van der Waals surface area contributed by atoms with Gasteiger partial charge in [-0.1, -0.05) is 17.7 Å². The van der Waals surface area contributed by atoms with E-state index in [2.05, 4.69) is 0 Å². The maximum Gasteiger partial charge on any atom is 0.255 e. The summed E-state index contributed by atoms with van der Waals surface area (Å²) in [7, 11) is 0. The Morgan fingerprint density at radius 3 is 2.83 bits per heavy atom. The smallest absolute Gasteiger partial charge is 0.255 e. The number of nitrogens with two attached hydrogens (primary N) is 1. The number of rotatable bonds is 1. The van der Waals surface area contributed by atoms with Crippen LogP contribution < -0.4 is 5.73 Å². The van der Waals surface area contributed by atoms with E-state index in [1.807, 2.05) is 19.1 Å². The molecule has 1 atom stereocenters. The van der Waals surface area contributed by atoms with E-state index in [9.17, 15) is 4.79 Å². The van der Waals surface area contributed by atoms with E-state index in [0.717, 1.165) is 24.9 Å². The third-order valence-electron chi connectivity index (χ3n) is 3.10. The molecule has 1 aromatic carbocycles. The normalized spacial score (nSPS) is 19.3. The van der Waals surface area contributed by atoms with Gasteiger partial charge in [-0.05, 0) is 37.5 Å². The molecule has 1 aliphatic rings. The summed E-state index contributed by atoms with van der Waals surface area (Å²) in [6.07, 6.45) is 1.96. The molecule has 1 heterocycles. The van der Waals surface area contributed by atoms with Crippen LogP contribution in [0.15, 0.2) is 18.2 Å². The summed E-state index contributed by atoms with van der Waals surface area (Å²) in [4.78, 5) is 14.1. The van der Waals surface area contributed by atoms with Gasteiger partial charge in [0.1, 0.15) is 0 Å². The first-order chi connectivity index (χ1) is 8.08. The fourth-order valence-corrected chi connectivity index (χ4v) is 2.47. The van der Waals surface area contributed by atoms with E-state index in [1.54, 1.807) is 11.0 Å². The molecule has 1 amide bonds. The highest BCUT2D eigenvalue weighted by molar-refractivity contribution is 6.33. The van der Waals surface area contributed by atoms with Gasteiger partial charge in [0.2, 0.25) is 0 Å². The van der Waals surface area contributed by atoms with Crippen LogP contribution in [0.25, 0.3) is 0 Å². The van der Waals surface area contributed by atoms with Gasteiger partial charge >= 0.3 is 0 Å². The lowest BCUT2D eigenvalue weighted by atomic mass is 10.0. The van der Waals surface area contributed by atoms with Gasteiger partial charge in [-0.3, -0.25) is 4.79 Å². The predicted octanol–water partition coefficient (Wildman–Crippen LogP) is 2.63. The van der Waals surface area contributed by atoms with Crippen molar-refractivity contribution in [3.8, 4) is 0 Å². The van der Waals surface area contributed by atoms with Crippen molar-refractivity contribution in [2.75, 3.05) is 13.1 Å². The van der Waals surface area contributed by atoms with Crippen LogP contribution in [-0.4, -0.2) is 29.9 Å². The maximum absolute atomic E-state index is 12.3. The van der Waals surface area contributed by atoms with Crippen LogP contribution in [0, 0.1) is 6.92 Å². The second-order valence-corrected chi connectivity index (χ2v) is 5.04. The Morgan fingerprint density at radius 1 is 1.50 bits per heavy atom. The van der Waals surface area contributed by atoms with E-state index in [1.165, 1.54) is 0 Å². The lowest BCUT2D eigenvalue weighted by molar-refractivity contribution is 0.0709. The van der Waals surface area contributed by atoms with Crippen LogP contribution in [-0.2, 0) is 0 Å². The molecule has 100 valence electrons. The summed E-state index contributed by atoms with van der Waals surface area (Å²) in [6.45, 7) is 3.36. The molecule has 0 aliphatic carbocycles. The van der Waals surface area contributed by atoms with E-state index in [0.29, 0.717) is 17.1 Å². The SMILES string of the molecule is Cc1ccc(C(=O)N2CCCC(N)C2)c(Cl)c1.Cl. The summed E-state index contributed by atoms with van der Waals surface area (Å²) in [5, 5.41) is 0.522. The van der Waals surface area contributed by atoms with Gasteiger partial charge < -0.3 is 10.6 Å². The number of aryl methyl sites for hydroxylation is 1. The fourth-order valence-electron chi connectivity index (χ4n) is 2.16. The number of hydrogen-bond acceptors (Lipinski definition) is 2. The number of amides is 1. The van der Waals surface area contributed by atoms with Crippen LogP contribution in [0.1, 0.15) is 28.8 Å². The molecule has 0 spiro atoms. The molecule has 1 fully saturated rings. The molecule has 5 heteroatoms. The van der Waals surface area contributed by atoms with E-state index >= 15 is 0 Å². The monoisotopic (exact) mass is 288 g/mol. The summed E-state index contributed by atoms with van der Waals surface area (Å²) in [6, 6.07) is 5.61. The van der Waals surface area contributed by atoms with Gasteiger partial charge in [0.05, 0.1) is 10.6 Å². The Balaban J connectivity index is 0.00000162. The van der Waals surface area contributed by atoms with Crippen molar-refractivity contribution in [3.63, 3.8) is 0 Å². The minimum Gasteiger partial charge on any atom is -0.337 e. The molecule has 1 unspecified atom stereocenters. The summed E-state index contributed by atoms with van der Waals surface area (Å²) in [5.41, 5.74) is 7.51. The fraction of sp³-hybridized carbons (Fsp3) is 0.462. The van der Waals surface area contributed by atoms with E-state index < -0.39 is 0 Å². The molecule has 1 saturated heterocycles. The van der Waals surface area contributed by atoms with Crippen LogP contribution in [0.2, 0.25) is 5.02 Å². The molecule has 2 N–H and O–H groups in total. The van der Waals surface area contributed by atoms with Gasteiger partial charge in [-0.25, -0.2) is 0 Å². The zero-order chi connectivity index (χ0) is 12.4. The number of carbonyl (C=O) groups excluding carboxylic acids is 1. The summed E-state index contributed by atoms with van der Waals surface area (Å²) >= 11 is 6.10. The molecule has 1 aliphatic heterocycles. The van der Waals surface area contributed by atoms with Gasteiger partial charge in [-0.2, -0.15) is 0 Å². The Hall–Kier alpha value is -0.770. The quantitative estimate of drug-likeness (QED) is 0.864. The van der Waals surface area contributed by atoms with Crippen LogP contribution in [0.4, 0.5) is 0 Å².